The van der Waals surface area contributed by atoms with Gasteiger partial charge in [0.05, 0.1) is 0 Å². The molecular formula is C13H9Cl2NO. The summed E-state index contributed by atoms with van der Waals surface area (Å²) in [5.74, 6) is 0. The summed E-state index contributed by atoms with van der Waals surface area (Å²) in [6.07, 6.45) is -0.709. The van der Waals surface area contributed by atoms with Crippen molar-refractivity contribution >= 4 is 28.9 Å². The molecule has 0 unspecified atom stereocenters. The van der Waals surface area contributed by atoms with E-state index in [4.69, 9.17) is 28.9 Å². The Morgan fingerprint density at radius 2 is 1.71 bits per heavy atom. The third-order valence-electron chi connectivity index (χ3n) is 3.04. The topological polar surface area (TPSA) is 46.2 Å². The number of benzene rings is 2. The molecule has 3 rings (SSSR count). The Balaban J connectivity index is 2.35. The van der Waals surface area contributed by atoms with E-state index in [2.05, 4.69) is 0 Å². The monoisotopic (exact) mass is 265 g/mol. The molecule has 0 heterocycles. The van der Waals surface area contributed by atoms with Crippen LogP contribution in [0.25, 0.3) is 11.1 Å². The first-order valence-corrected chi connectivity index (χ1v) is 5.90. The third kappa shape index (κ3) is 1.53. The van der Waals surface area contributed by atoms with Crippen molar-refractivity contribution in [2.45, 2.75) is 6.10 Å². The smallest absolute Gasteiger partial charge is 0.105 e. The largest absolute Gasteiger partial charge is 0.398 e. The fourth-order valence-corrected chi connectivity index (χ4v) is 2.75. The summed E-state index contributed by atoms with van der Waals surface area (Å²) >= 11 is 11.9. The fourth-order valence-electron chi connectivity index (χ4n) is 2.33. The lowest BCUT2D eigenvalue weighted by Gasteiger charge is -2.07. The molecule has 2 nitrogen and oxygen atoms in total. The Bertz CT molecular complexity index is 625. The zero-order chi connectivity index (χ0) is 12.2. The Morgan fingerprint density at radius 3 is 2.47 bits per heavy atom. The first-order valence-electron chi connectivity index (χ1n) is 5.14. The van der Waals surface area contributed by atoms with Gasteiger partial charge in [-0.1, -0.05) is 29.3 Å². The number of fused-ring (bicyclic) bond motifs is 3. The maximum atomic E-state index is 10.2. The van der Waals surface area contributed by atoms with Gasteiger partial charge in [-0.25, -0.2) is 0 Å². The number of halogens is 2. The lowest BCUT2D eigenvalue weighted by molar-refractivity contribution is 0.225. The van der Waals surface area contributed by atoms with E-state index in [0.29, 0.717) is 15.7 Å². The van der Waals surface area contributed by atoms with Crippen LogP contribution < -0.4 is 5.73 Å². The average Bonchev–Trinajstić information content (AvgIpc) is 2.53. The normalized spacial score (nSPS) is 16.8. The molecule has 2 aromatic carbocycles. The van der Waals surface area contributed by atoms with Gasteiger partial charge in [-0.15, -0.1) is 0 Å². The Labute approximate surface area is 109 Å². The summed E-state index contributed by atoms with van der Waals surface area (Å²) in [4.78, 5) is 0. The number of anilines is 1. The third-order valence-corrected chi connectivity index (χ3v) is 3.49. The second-order valence-corrected chi connectivity index (χ2v) is 4.97. The van der Waals surface area contributed by atoms with Crippen LogP contribution in [0.15, 0.2) is 30.3 Å². The molecule has 0 radical (unpaired) electrons. The molecule has 4 heteroatoms. The standard InChI is InChI=1S/C13H9Cl2NO/c14-6-1-2-8-9(3-6)13(17)10-4-7(15)5-11(16)12(8)10/h1-5,13,17H,16H2/t13-/m1/s1. The van der Waals surface area contributed by atoms with Crippen molar-refractivity contribution in [3.63, 3.8) is 0 Å². The number of aliphatic hydroxyl groups excluding tert-OH is 1. The van der Waals surface area contributed by atoms with Crippen molar-refractivity contribution in [1.82, 2.24) is 0 Å². The van der Waals surface area contributed by atoms with Gasteiger partial charge in [-0.2, -0.15) is 0 Å². The van der Waals surface area contributed by atoms with Gasteiger partial charge in [0.15, 0.2) is 0 Å². The van der Waals surface area contributed by atoms with Gasteiger partial charge in [0, 0.05) is 21.3 Å². The van der Waals surface area contributed by atoms with Gasteiger partial charge in [-0.3, -0.25) is 0 Å². The van der Waals surface area contributed by atoms with Crippen LogP contribution >= 0.6 is 23.2 Å². The molecule has 1 aliphatic rings. The molecule has 0 amide bonds. The summed E-state index contributed by atoms with van der Waals surface area (Å²) < 4.78 is 0. The highest BCUT2D eigenvalue weighted by Gasteiger charge is 2.29. The fraction of sp³-hybridized carbons (Fsp3) is 0.0769. The van der Waals surface area contributed by atoms with E-state index in [1.165, 1.54) is 0 Å². The lowest BCUT2D eigenvalue weighted by Crippen LogP contribution is -1.95. The SMILES string of the molecule is Nc1cc(Cl)cc2c1-c1ccc(Cl)cc1[C@H]2O. The van der Waals surface area contributed by atoms with E-state index < -0.39 is 6.10 Å². The Kier molecular flexibility index (Phi) is 2.33. The highest BCUT2D eigenvalue weighted by Crippen LogP contribution is 2.47. The summed E-state index contributed by atoms with van der Waals surface area (Å²) in [6.45, 7) is 0. The molecule has 2 aromatic rings. The van der Waals surface area contributed by atoms with Crippen LogP contribution in [-0.4, -0.2) is 5.11 Å². The second-order valence-electron chi connectivity index (χ2n) is 4.09. The van der Waals surface area contributed by atoms with Crippen LogP contribution in [-0.2, 0) is 0 Å². The van der Waals surface area contributed by atoms with E-state index in [1.54, 1.807) is 24.3 Å². The quantitative estimate of drug-likeness (QED) is 0.715. The lowest BCUT2D eigenvalue weighted by atomic mass is 10.0. The molecule has 0 bridgehead atoms. The highest BCUT2D eigenvalue weighted by atomic mass is 35.5. The summed E-state index contributed by atoms with van der Waals surface area (Å²) in [5, 5.41) is 11.4. The predicted octanol–water partition coefficient (Wildman–Crippen LogP) is 3.64. The molecule has 1 aliphatic carbocycles. The molecule has 0 fully saturated rings. The zero-order valence-electron chi connectivity index (χ0n) is 8.74. The zero-order valence-corrected chi connectivity index (χ0v) is 10.3. The number of hydrogen-bond acceptors (Lipinski definition) is 2. The van der Waals surface area contributed by atoms with Crippen LogP contribution in [0.5, 0.6) is 0 Å². The minimum absolute atomic E-state index is 0.527. The Morgan fingerprint density at radius 1 is 1.00 bits per heavy atom. The number of nitrogen functional groups attached to an aromatic ring is 1. The van der Waals surface area contributed by atoms with Crippen molar-refractivity contribution in [2.75, 3.05) is 5.73 Å². The molecule has 0 saturated heterocycles. The van der Waals surface area contributed by atoms with Crippen LogP contribution in [0.3, 0.4) is 0 Å². The summed E-state index contributed by atoms with van der Waals surface area (Å²) in [6, 6.07) is 8.85. The predicted molar refractivity (Wildman–Crippen MR) is 70.4 cm³/mol. The van der Waals surface area contributed by atoms with Gasteiger partial charge < -0.3 is 10.8 Å². The number of aliphatic hydroxyl groups is 1. The summed E-state index contributed by atoms with van der Waals surface area (Å²) in [7, 11) is 0. The number of nitrogens with two attached hydrogens (primary N) is 1. The minimum Gasteiger partial charge on any atom is -0.398 e. The molecule has 86 valence electrons. The van der Waals surface area contributed by atoms with Crippen molar-refractivity contribution in [1.29, 1.82) is 0 Å². The molecule has 0 spiro atoms. The van der Waals surface area contributed by atoms with Crippen molar-refractivity contribution < 1.29 is 5.11 Å². The van der Waals surface area contributed by atoms with E-state index >= 15 is 0 Å². The van der Waals surface area contributed by atoms with Crippen molar-refractivity contribution in [3.05, 3.63) is 51.5 Å². The van der Waals surface area contributed by atoms with Crippen LogP contribution in [0, 0.1) is 0 Å². The molecule has 0 aliphatic heterocycles. The van der Waals surface area contributed by atoms with Gasteiger partial charge in [0.2, 0.25) is 0 Å². The van der Waals surface area contributed by atoms with Gasteiger partial charge in [-0.05, 0) is 41.0 Å². The maximum Gasteiger partial charge on any atom is 0.105 e. The Hall–Kier alpha value is -1.22. The first-order chi connectivity index (χ1) is 8.08. The molecular weight excluding hydrogens is 257 g/mol. The van der Waals surface area contributed by atoms with Gasteiger partial charge >= 0.3 is 0 Å². The van der Waals surface area contributed by atoms with E-state index in [1.807, 2.05) is 6.07 Å². The summed E-state index contributed by atoms with van der Waals surface area (Å²) in [5.41, 5.74) is 9.84. The molecule has 3 N–H and O–H groups in total. The van der Waals surface area contributed by atoms with Gasteiger partial charge in [0.1, 0.15) is 6.10 Å². The van der Waals surface area contributed by atoms with Crippen LogP contribution in [0.4, 0.5) is 5.69 Å². The molecule has 17 heavy (non-hydrogen) atoms. The minimum atomic E-state index is -0.709. The first kappa shape index (κ1) is 10.9. The van der Waals surface area contributed by atoms with E-state index in [9.17, 15) is 5.11 Å². The van der Waals surface area contributed by atoms with Crippen molar-refractivity contribution in [2.24, 2.45) is 0 Å². The number of rotatable bonds is 0. The van der Waals surface area contributed by atoms with Gasteiger partial charge in [0.25, 0.3) is 0 Å². The van der Waals surface area contributed by atoms with Crippen LogP contribution in [0.2, 0.25) is 10.0 Å². The molecule has 0 aromatic heterocycles. The van der Waals surface area contributed by atoms with E-state index in [-0.39, 0.29) is 0 Å². The maximum absolute atomic E-state index is 10.2. The van der Waals surface area contributed by atoms with E-state index in [0.717, 1.165) is 22.3 Å². The van der Waals surface area contributed by atoms with Crippen LogP contribution in [0.1, 0.15) is 17.2 Å². The highest BCUT2D eigenvalue weighted by molar-refractivity contribution is 6.31. The average molecular weight is 266 g/mol. The number of hydrogen-bond donors (Lipinski definition) is 2. The second kappa shape index (κ2) is 3.64. The van der Waals surface area contributed by atoms with Crippen molar-refractivity contribution in [3.8, 4) is 11.1 Å². The molecule has 0 saturated carbocycles. The molecule has 1 atom stereocenters.